The molecule has 0 aliphatic carbocycles. The Labute approximate surface area is 181 Å². The van der Waals surface area contributed by atoms with Crippen molar-refractivity contribution in [2.75, 3.05) is 20.2 Å². The number of sulfonamides is 1. The first-order valence-corrected chi connectivity index (χ1v) is 11.4. The summed E-state index contributed by atoms with van der Waals surface area (Å²) in [5.74, 6) is -0.260. The van der Waals surface area contributed by atoms with Crippen LogP contribution in [0.5, 0.6) is 5.75 Å². The van der Waals surface area contributed by atoms with Crippen LogP contribution in [0.25, 0.3) is 0 Å². The highest BCUT2D eigenvalue weighted by atomic mass is 35.5. The zero-order chi connectivity index (χ0) is 21.4. The third kappa shape index (κ3) is 6.97. The fourth-order valence-electron chi connectivity index (χ4n) is 2.87. The summed E-state index contributed by atoms with van der Waals surface area (Å²) in [6, 6.07) is 10.3. The van der Waals surface area contributed by atoms with E-state index in [0.29, 0.717) is 6.42 Å². The van der Waals surface area contributed by atoms with Crippen LogP contribution in [0.2, 0.25) is 10.0 Å². The highest BCUT2D eigenvalue weighted by Crippen LogP contribution is 2.33. The largest absolute Gasteiger partial charge is 0.494 e. The van der Waals surface area contributed by atoms with Gasteiger partial charge >= 0.3 is 0 Å². The van der Waals surface area contributed by atoms with Crippen molar-refractivity contribution < 1.29 is 17.9 Å². The first-order valence-electron chi connectivity index (χ1n) is 9.11. The molecular formula is C20H24Cl2N2O4S. The van der Waals surface area contributed by atoms with Crippen molar-refractivity contribution in [2.45, 2.75) is 30.6 Å². The number of nitrogens with two attached hydrogens (primary N) is 1. The third-order valence-electron chi connectivity index (χ3n) is 4.38. The summed E-state index contributed by atoms with van der Waals surface area (Å²) >= 11 is 12.2. The second-order valence-corrected chi connectivity index (χ2v) is 8.85. The number of ether oxygens (including phenoxy) is 1. The molecule has 6 nitrogen and oxygen atoms in total. The Morgan fingerprint density at radius 1 is 1.10 bits per heavy atom. The summed E-state index contributed by atoms with van der Waals surface area (Å²) in [5.41, 5.74) is 1.30. The molecule has 0 aliphatic heterocycles. The van der Waals surface area contributed by atoms with Crippen molar-refractivity contribution in [3.8, 4) is 5.75 Å². The molecule has 0 saturated heterocycles. The van der Waals surface area contributed by atoms with Gasteiger partial charge in [0.1, 0.15) is 4.90 Å². The van der Waals surface area contributed by atoms with Crippen LogP contribution >= 0.6 is 23.2 Å². The van der Waals surface area contributed by atoms with Crippen LogP contribution in [0.3, 0.4) is 0 Å². The molecule has 0 unspecified atom stereocenters. The number of ketones is 1. The summed E-state index contributed by atoms with van der Waals surface area (Å²) < 4.78 is 28.5. The van der Waals surface area contributed by atoms with Gasteiger partial charge in [-0.15, -0.1) is 0 Å². The Hall–Kier alpha value is -1.64. The van der Waals surface area contributed by atoms with Crippen molar-refractivity contribution in [2.24, 2.45) is 5.14 Å². The second kappa shape index (κ2) is 10.9. The van der Waals surface area contributed by atoms with Crippen LogP contribution in [0, 0.1) is 0 Å². The monoisotopic (exact) mass is 458 g/mol. The summed E-state index contributed by atoms with van der Waals surface area (Å²) in [6.45, 7) is 1.56. The molecule has 0 amide bonds. The molecule has 0 spiro atoms. The molecule has 0 saturated carbocycles. The van der Waals surface area contributed by atoms with E-state index in [0.717, 1.165) is 36.5 Å². The van der Waals surface area contributed by atoms with E-state index in [-0.39, 0.29) is 33.4 Å². The summed E-state index contributed by atoms with van der Waals surface area (Å²) in [4.78, 5) is 12.1. The molecule has 0 aliphatic rings. The number of benzene rings is 2. The number of hydrogen-bond donors (Lipinski definition) is 2. The summed E-state index contributed by atoms with van der Waals surface area (Å²) in [6.07, 6.45) is 2.57. The topological polar surface area (TPSA) is 98.5 Å². The first-order chi connectivity index (χ1) is 13.7. The van der Waals surface area contributed by atoms with Gasteiger partial charge in [0.25, 0.3) is 0 Å². The van der Waals surface area contributed by atoms with Crippen LogP contribution in [-0.4, -0.2) is 34.4 Å². The van der Waals surface area contributed by atoms with Gasteiger partial charge in [0.05, 0.1) is 12.1 Å². The number of carbonyl (C=O) groups is 1. The van der Waals surface area contributed by atoms with Gasteiger partial charge in [0.15, 0.2) is 11.5 Å². The van der Waals surface area contributed by atoms with Crippen LogP contribution in [0.15, 0.2) is 41.3 Å². The lowest BCUT2D eigenvalue weighted by Gasteiger charge is -2.11. The van der Waals surface area contributed by atoms with E-state index >= 15 is 0 Å². The molecule has 9 heteroatoms. The van der Waals surface area contributed by atoms with E-state index in [1.165, 1.54) is 19.2 Å². The van der Waals surface area contributed by atoms with Gasteiger partial charge in [-0.2, -0.15) is 0 Å². The molecule has 0 fully saturated rings. The molecule has 3 N–H and O–H groups in total. The van der Waals surface area contributed by atoms with Crippen molar-refractivity contribution in [3.63, 3.8) is 0 Å². The molecule has 2 aromatic carbocycles. The number of Topliss-reactive ketones (excluding diaryl/α,β-unsaturated/α-hetero) is 1. The Morgan fingerprint density at radius 3 is 2.48 bits per heavy atom. The lowest BCUT2D eigenvalue weighted by molar-refractivity contribution is 0.0979. The SMILES string of the molecule is COc1c(Cl)cc(C(=O)CCCCNCCc2ccccc2Cl)cc1S(N)(=O)=O. The van der Waals surface area contributed by atoms with E-state index in [4.69, 9.17) is 33.1 Å². The first kappa shape index (κ1) is 23.6. The van der Waals surface area contributed by atoms with E-state index in [9.17, 15) is 13.2 Å². The molecule has 29 heavy (non-hydrogen) atoms. The fraction of sp³-hybridized carbons (Fsp3) is 0.350. The molecule has 2 aromatic rings. The van der Waals surface area contributed by atoms with Crippen molar-refractivity contribution >= 4 is 39.0 Å². The Balaban J connectivity index is 1.81. The molecule has 0 heterocycles. The summed E-state index contributed by atoms with van der Waals surface area (Å²) in [5, 5.41) is 9.31. The van der Waals surface area contributed by atoms with Gasteiger partial charge < -0.3 is 10.1 Å². The number of unbranched alkanes of at least 4 members (excludes halogenated alkanes) is 1. The predicted molar refractivity (Wildman–Crippen MR) is 116 cm³/mol. The number of halogens is 2. The van der Waals surface area contributed by atoms with Crippen molar-refractivity contribution in [1.82, 2.24) is 5.32 Å². The molecule has 0 atom stereocenters. The molecule has 2 rings (SSSR count). The van der Waals surface area contributed by atoms with Gasteiger partial charge in [-0.3, -0.25) is 4.79 Å². The van der Waals surface area contributed by atoms with Crippen LogP contribution in [0.1, 0.15) is 35.2 Å². The minimum absolute atomic E-state index is 0.0311. The second-order valence-electron chi connectivity index (χ2n) is 6.51. The van der Waals surface area contributed by atoms with Crippen LogP contribution in [0.4, 0.5) is 0 Å². The predicted octanol–water partition coefficient (Wildman–Crippen LogP) is 3.83. The minimum atomic E-state index is -4.07. The zero-order valence-corrected chi connectivity index (χ0v) is 18.4. The van der Waals surface area contributed by atoms with E-state index in [2.05, 4.69) is 5.32 Å². The zero-order valence-electron chi connectivity index (χ0n) is 16.1. The van der Waals surface area contributed by atoms with Gasteiger partial charge in [-0.25, -0.2) is 13.6 Å². The average molecular weight is 459 g/mol. The lowest BCUT2D eigenvalue weighted by atomic mass is 10.1. The Bertz CT molecular complexity index is 965. The number of hydrogen-bond acceptors (Lipinski definition) is 5. The molecular weight excluding hydrogens is 435 g/mol. The maximum atomic E-state index is 12.4. The quantitative estimate of drug-likeness (QED) is 0.393. The van der Waals surface area contributed by atoms with E-state index in [1.807, 2.05) is 24.3 Å². The van der Waals surface area contributed by atoms with Gasteiger partial charge in [0, 0.05) is 17.0 Å². The van der Waals surface area contributed by atoms with Gasteiger partial charge in [-0.1, -0.05) is 41.4 Å². The smallest absolute Gasteiger partial charge is 0.241 e. The molecule has 158 valence electrons. The maximum Gasteiger partial charge on any atom is 0.241 e. The number of carbonyl (C=O) groups excluding carboxylic acids is 1. The average Bonchev–Trinajstić information content (AvgIpc) is 2.67. The molecule has 0 bridgehead atoms. The number of methoxy groups -OCH3 is 1. The normalized spacial score (nSPS) is 11.4. The van der Waals surface area contributed by atoms with E-state index in [1.54, 1.807) is 0 Å². The minimum Gasteiger partial charge on any atom is -0.494 e. The molecule has 0 radical (unpaired) electrons. The number of rotatable bonds is 11. The maximum absolute atomic E-state index is 12.4. The fourth-order valence-corrected chi connectivity index (χ4v) is 4.19. The van der Waals surface area contributed by atoms with Crippen molar-refractivity contribution in [1.29, 1.82) is 0 Å². The van der Waals surface area contributed by atoms with Crippen molar-refractivity contribution in [3.05, 3.63) is 57.6 Å². The van der Waals surface area contributed by atoms with Gasteiger partial charge in [-0.05, 0) is 56.1 Å². The number of primary sulfonamides is 1. The Morgan fingerprint density at radius 2 is 1.83 bits per heavy atom. The highest BCUT2D eigenvalue weighted by molar-refractivity contribution is 7.89. The third-order valence-corrected chi connectivity index (χ3v) is 5.94. The van der Waals surface area contributed by atoms with Crippen LogP contribution in [-0.2, 0) is 16.4 Å². The number of nitrogens with one attached hydrogen (secondary N) is 1. The van der Waals surface area contributed by atoms with Gasteiger partial charge in [0.2, 0.25) is 10.0 Å². The lowest BCUT2D eigenvalue weighted by Crippen LogP contribution is -2.19. The standard InChI is InChI=1S/C20H24Cl2N2O4S/c1-28-20-17(22)12-15(13-19(20)29(23,26)27)18(25)8-4-5-10-24-11-9-14-6-2-3-7-16(14)21/h2-3,6-7,12-13,24H,4-5,8-11H2,1H3,(H2,23,26,27). The van der Waals surface area contributed by atoms with Crippen LogP contribution < -0.4 is 15.2 Å². The summed E-state index contributed by atoms with van der Waals surface area (Å²) in [7, 11) is -2.78. The highest BCUT2D eigenvalue weighted by Gasteiger charge is 2.21. The Kier molecular flexibility index (Phi) is 8.92. The molecule has 0 aromatic heterocycles. The van der Waals surface area contributed by atoms with E-state index < -0.39 is 10.0 Å².